The number of carbonyl (C=O) groups is 2. The molecule has 0 fully saturated rings. The van der Waals surface area contributed by atoms with Crippen LogP contribution in [0.25, 0.3) is 0 Å². The lowest BCUT2D eigenvalue weighted by atomic mass is 10.2. The Kier molecular flexibility index (Phi) is 16.9. The van der Waals surface area contributed by atoms with Crippen LogP contribution in [0.5, 0.6) is 0 Å². The van der Waals surface area contributed by atoms with Crippen molar-refractivity contribution < 1.29 is 29.6 Å². The Morgan fingerprint density at radius 1 is 0.944 bits per heavy atom. The summed E-state index contributed by atoms with van der Waals surface area (Å²) in [5.41, 5.74) is 0. The van der Waals surface area contributed by atoms with E-state index in [1.54, 1.807) is 0 Å². The van der Waals surface area contributed by atoms with Crippen molar-refractivity contribution in [3.8, 4) is 0 Å². The van der Waals surface area contributed by atoms with Crippen LogP contribution in [0.15, 0.2) is 0 Å². The average Bonchev–Trinajstić information content (AvgIpc) is 2.31. The van der Waals surface area contributed by atoms with Crippen molar-refractivity contribution in [3.63, 3.8) is 0 Å². The summed E-state index contributed by atoms with van der Waals surface area (Å²) in [7, 11) is 0. The first kappa shape index (κ1) is 19.2. The molecule has 0 spiro atoms. The van der Waals surface area contributed by atoms with Crippen LogP contribution in [0.2, 0.25) is 0 Å². The lowest BCUT2D eigenvalue weighted by Crippen LogP contribution is -1.99. The van der Waals surface area contributed by atoms with Crippen LogP contribution in [0.4, 0.5) is 0 Å². The van der Waals surface area contributed by atoms with E-state index in [9.17, 15) is 9.59 Å². The molecular formula is C12H24O6. The quantitative estimate of drug-likeness (QED) is 0.517. The summed E-state index contributed by atoms with van der Waals surface area (Å²) in [6.07, 6.45) is 3.27. The minimum absolute atomic E-state index is 0.0628. The molecule has 0 radical (unpaired) electrons. The number of unbranched alkanes of at least 4 members (excludes halogenated alkanes) is 2. The van der Waals surface area contributed by atoms with Gasteiger partial charge in [0.2, 0.25) is 0 Å². The molecule has 18 heavy (non-hydrogen) atoms. The molecule has 108 valence electrons. The Hall–Kier alpha value is -1.14. The molecule has 0 atom stereocenters. The Bertz CT molecular complexity index is 183. The number of rotatable bonds is 10. The molecule has 0 aliphatic heterocycles. The predicted octanol–water partition coefficient (Wildman–Crippen LogP) is 1.51. The Balaban J connectivity index is 0. The van der Waals surface area contributed by atoms with Crippen molar-refractivity contribution in [1.82, 2.24) is 0 Å². The van der Waals surface area contributed by atoms with Crippen LogP contribution in [0.3, 0.4) is 0 Å². The van der Waals surface area contributed by atoms with E-state index < -0.39 is 11.9 Å². The fourth-order valence-corrected chi connectivity index (χ4v) is 0.965. The zero-order valence-corrected chi connectivity index (χ0v) is 10.9. The zero-order chi connectivity index (χ0) is 14.2. The first-order chi connectivity index (χ1) is 8.54. The first-order valence-corrected chi connectivity index (χ1v) is 6.16. The first-order valence-electron chi connectivity index (χ1n) is 6.16. The Morgan fingerprint density at radius 3 is 1.78 bits per heavy atom. The van der Waals surface area contributed by atoms with E-state index >= 15 is 0 Å². The van der Waals surface area contributed by atoms with Gasteiger partial charge in [0.15, 0.2) is 0 Å². The normalized spacial score (nSPS) is 9.44. The number of aliphatic carboxylic acids is 2. The highest BCUT2D eigenvalue weighted by Crippen LogP contribution is 1.98. The monoisotopic (exact) mass is 264 g/mol. The number of ether oxygens (including phenoxy) is 1. The Morgan fingerprint density at radius 2 is 1.44 bits per heavy atom. The maximum absolute atomic E-state index is 9.90. The molecule has 3 N–H and O–H groups in total. The van der Waals surface area contributed by atoms with Crippen LogP contribution in [-0.2, 0) is 14.3 Å². The van der Waals surface area contributed by atoms with Crippen LogP contribution in [-0.4, -0.2) is 47.1 Å². The molecule has 0 saturated heterocycles. The summed E-state index contributed by atoms with van der Waals surface area (Å²) in [6, 6.07) is 0. The second kappa shape index (κ2) is 15.9. The molecule has 0 rings (SSSR count). The lowest BCUT2D eigenvalue weighted by Gasteiger charge is -1.97. The smallest absolute Gasteiger partial charge is 0.303 e. The number of aliphatic hydroxyl groups excluding tert-OH is 1. The van der Waals surface area contributed by atoms with Crippen LogP contribution in [0.1, 0.15) is 45.4 Å². The van der Waals surface area contributed by atoms with E-state index in [-0.39, 0.29) is 19.4 Å². The van der Waals surface area contributed by atoms with Crippen molar-refractivity contribution in [2.75, 3.05) is 19.8 Å². The van der Waals surface area contributed by atoms with Gasteiger partial charge in [-0.05, 0) is 19.3 Å². The van der Waals surface area contributed by atoms with Gasteiger partial charge in [0.25, 0.3) is 0 Å². The summed E-state index contributed by atoms with van der Waals surface area (Å²) < 4.78 is 4.97. The second-order valence-electron chi connectivity index (χ2n) is 3.68. The van der Waals surface area contributed by atoms with Gasteiger partial charge >= 0.3 is 11.9 Å². The van der Waals surface area contributed by atoms with Gasteiger partial charge in [-0.15, -0.1) is 0 Å². The van der Waals surface area contributed by atoms with E-state index in [2.05, 4.69) is 6.92 Å². The van der Waals surface area contributed by atoms with Crippen molar-refractivity contribution >= 4 is 11.9 Å². The van der Waals surface area contributed by atoms with Gasteiger partial charge in [-0.2, -0.15) is 0 Å². The molecule has 0 unspecified atom stereocenters. The van der Waals surface area contributed by atoms with Gasteiger partial charge in [-0.1, -0.05) is 13.3 Å². The number of hydrogen-bond donors (Lipinski definition) is 3. The number of hydrogen-bond acceptors (Lipinski definition) is 4. The summed E-state index contributed by atoms with van der Waals surface area (Å²) >= 11 is 0. The molecule has 0 aromatic heterocycles. The standard InChI is InChI=1S/C6H10O4.C6H14O2/c7-5(8)3-1-2-4-6(9)10;1-2-3-5-8-6-4-7/h1-4H2,(H,7,8)(H,9,10);7H,2-6H2,1H3. The van der Waals surface area contributed by atoms with E-state index in [4.69, 9.17) is 20.1 Å². The highest BCUT2D eigenvalue weighted by molar-refractivity contribution is 5.67. The third-order valence-corrected chi connectivity index (χ3v) is 1.91. The summed E-state index contributed by atoms with van der Waals surface area (Å²) in [5.74, 6) is -1.74. The Labute approximate surface area is 108 Å². The summed E-state index contributed by atoms with van der Waals surface area (Å²) in [5, 5.41) is 24.5. The third kappa shape index (κ3) is 24.2. The highest BCUT2D eigenvalue weighted by Gasteiger charge is 1.99. The summed E-state index contributed by atoms with van der Waals surface area (Å²) in [4.78, 5) is 19.8. The molecule has 0 saturated carbocycles. The summed E-state index contributed by atoms with van der Waals surface area (Å²) in [6.45, 7) is 3.53. The zero-order valence-electron chi connectivity index (χ0n) is 10.9. The van der Waals surface area contributed by atoms with Crippen LogP contribution in [0, 0.1) is 0 Å². The van der Waals surface area contributed by atoms with Crippen LogP contribution < -0.4 is 0 Å². The maximum atomic E-state index is 9.90. The molecule has 0 amide bonds. The minimum atomic E-state index is -0.870. The average molecular weight is 264 g/mol. The molecule has 0 heterocycles. The van der Waals surface area contributed by atoms with E-state index in [1.807, 2.05) is 0 Å². The maximum Gasteiger partial charge on any atom is 0.303 e. The minimum Gasteiger partial charge on any atom is -0.481 e. The molecule has 0 aromatic carbocycles. The van der Waals surface area contributed by atoms with Gasteiger partial charge < -0.3 is 20.1 Å². The number of aliphatic hydroxyl groups is 1. The van der Waals surface area contributed by atoms with E-state index in [0.717, 1.165) is 19.4 Å². The SMILES string of the molecule is CCCCOCCO.O=C(O)CCCCC(=O)O. The highest BCUT2D eigenvalue weighted by atomic mass is 16.5. The van der Waals surface area contributed by atoms with Crippen molar-refractivity contribution in [1.29, 1.82) is 0 Å². The second-order valence-corrected chi connectivity index (χ2v) is 3.68. The van der Waals surface area contributed by atoms with Gasteiger partial charge in [0.05, 0.1) is 13.2 Å². The number of carboxylic acid groups (broad SMARTS) is 2. The van der Waals surface area contributed by atoms with Gasteiger partial charge in [0.1, 0.15) is 0 Å². The molecule has 0 aromatic rings. The van der Waals surface area contributed by atoms with Crippen molar-refractivity contribution in [2.24, 2.45) is 0 Å². The van der Waals surface area contributed by atoms with Crippen molar-refractivity contribution in [3.05, 3.63) is 0 Å². The molecule has 0 aliphatic rings. The van der Waals surface area contributed by atoms with Gasteiger partial charge in [-0.3, -0.25) is 9.59 Å². The number of carboxylic acids is 2. The topological polar surface area (TPSA) is 104 Å². The largest absolute Gasteiger partial charge is 0.481 e. The van der Waals surface area contributed by atoms with E-state index in [1.165, 1.54) is 0 Å². The lowest BCUT2D eigenvalue weighted by molar-refractivity contribution is -0.139. The predicted molar refractivity (Wildman–Crippen MR) is 66.6 cm³/mol. The molecule has 6 heteroatoms. The fraction of sp³-hybridized carbons (Fsp3) is 0.833. The molecule has 6 nitrogen and oxygen atoms in total. The van der Waals surface area contributed by atoms with Gasteiger partial charge in [0, 0.05) is 19.4 Å². The third-order valence-electron chi connectivity index (χ3n) is 1.91. The fourth-order valence-electron chi connectivity index (χ4n) is 0.965. The molecular weight excluding hydrogens is 240 g/mol. The van der Waals surface area contributed by atoms with Gasteiger partial charge in [-0.25, -0.2) is 0 Å². The van der Waals surface area contributed by atoms with E-state index in [0.29, 0.717) is 19.4 Å². The molecule has 0 bridgehead atoms. The van der Waals surface area contributed by atoms with Crippen molar-refractivity contribution in [2.45, 2.75) is 45.4 Å². The van der Waals surface area contributed by atoms with Crippen LogP contribution >= 0.6 is 0 Å². The molecule has 0 aliphatic carbocycles.